The number of halogens is 1. The molecule has 0 unspecified atom stereocenters. The summed E-state index contributed by atoms with van der Waals surface area (Å²) in [5.74, 6) is -0.257. The maximum absolute atomic E-state index is 11.8. The average Bonchev–Trinajstić information content (AvgIpc) is 2.77. The minimum absolute atomic E-state index is 0.00352. The summed E-state index contributed by atoms with van der Waals surface area (Å²) < 4.78 is 5.27. The van der Waals surface area contributed by atoms with Crippen LogP contribution in [0.1, 0.15) is 43.0 Å². The van der Waals surface area contributed by atoms with Gasteiger partial charge < -0.3 is 31.7 Å². The second kappa shape index (κ2) is 13.4. The van der Waals surface area contributed by atoms with Gasteiger partial charge in [-0.2, -0.15) is 0 Å². The van der Waals surface area contributed by atoms with E-state index in [0.717, 1.165) is 11.1 Å². The van der Waals surface area contributed by atoms with Gasteiger partial charge in [0.15, 0.2) is 11.7 Å². The molecule has 0 atom stereocenters. The van der Waals surface area contributed by atoms with Crippen molar-refractivity contribution in [3.63, 3.8) is 0 Å². The van der Waals surface area contributed by atoms with E-state index in [2.05, 4.69) is 10.3 Å². The first kappa shape index (κ1) is 28.7. The van der Waals surface area contributed by atoms with Crippen LogP contribution in [-0.4, -0.2) is 57.3 Å². The number of carbonyl (C=O) groups is 1. The lowest BCUT2D eigenvalue weighted by Gasteiger charge is -2.22. The summed E-state index contributed by atoms with van der Waals surface area (Å²) in [6.07, 6.45) is 0. The molecule has 186 valence electrons. The van der Waals surface area contributed by atoms with E-state index < -0.39 is 5.60 Å². The molecule has 0 radical (unpaired) electrons. The Morgan fingerprint density at radius 1 is 1.03 bits per heavy atom. The Bertz CT molecular complexity index is 1000. The summed E-state index contributed by atoms with van der Waals surface area (Å²) in [6.45, 7) is 6.19. The molecule has 2 aromatic carbocycles. The quantitative estimate of drug-likeness (QED) is 0.129. The normalized spacial score (nSPS) is 12.2. The fourth-order valence-electron chi connectivity index (χ4n) is 2.72. The first-order valence-corrected chi connectivity index (χ1v) is 10.6. The number of rotatable bonds is 7. The molecule has 0 bridgehead atoms. The van der Waals surface area contributed by atoms with Crippen molar-refractivity contribution in [2.24, 2.45) is 21.8 Å². The van der Waals surface area contributed by atoms with Crippen LogP contribution in [0.5, 0.6) is 0 Å². The van der Waals surface area contributed by atoms with E-state index in [4.69, 9.17) is 43.3 Å². The highest BCUT2D eigenvalue weighted by molar-refractivity contribution is 6.34. The molecule has 0 aliphatic rings. The van der Waals surface area contributed by atoms with Gasteiger partial charge in [-0.15, -0.1) is 0 Å². The van der Waals surface area contributed by atoms with Crippen molar-refractivity contribution < 1.29 is 25.1 Å². The molecule has 0 amide bonds. The van der Waals surface area contributed by atoms with Crippen LogP contribution in [-0.2, 0) is 22.7 Å². The van der Waals surface area contributed by atoms with E-state index in [1.807, 2.05) is 38.8 Å². The standard InChI is InChI=1S/C15H22ClN3O3.C8H10N2O2/c1-15(2,3)22-13(20)9-19(4)8-10-5-6-11(12(16)7-10)14(17)18-21;9-8(10-12)7-3-1-6(5-11)2-4-7/h5-7,21H,8-9H2,1-4H3,(H2,17,18);1-4,11-12H,5H2,(H2,9,10). The first-order valence-electron chi connectivity index (χ1n) is 10.2. The van der Waals surface area contributed by atoms with Crippen molar-refractivity contribution in [3.05, 3.63) is 69.7 Å². The smallest absolute Gasteiger partial charge is 0.320 e. The summed E-state index contributed by atoms with van der Waals surface area (Å²) >= 11 is 6.10. The largest absolute Gasteiger partial charge is 0.459 e. The predicted octanol–water partition coefficient (Wildman–Crippen LogP) is 2.48. The number of nitrogens with two attached hydrogens (primary N) is 2. The Balaban J connectivity index is 0.000000404. The summed E-state index contributed by atoms with van der Waals surface area (Å²) in [7, 11) is 1.81. The molecular weight excluding hydrogens is 462 g/mol. The third kappa shape index (κ3) is 10.1. The number of nitrogens with zero attached hydrogens (tertiary/aromatic N) is 3. The molecule has 0 aliphatic heterocycles. The molecule has 2 aromatic rings. The average molecular weight is 494 g/mol. The molecule has 0 saturated heterocycles. The van der Waals surface area contributed by atoms with Gasteiger partial charge in [-0.3, -0.25) is 9.69 Å². The van der Waals surface area contributed by atoms with Gasteiger partial charge >= 0.3 is 5.97 Å². The van der Waals surface area contributed by atoms with Gasteiger partial charge in [0.25, 0.3) is 0 Å². The van der Waals surface area contributed by atoms with Crippen LogP contribution in [0, 0.1) is 0 Å². The molecular formula is C23H32ClN5O5. The van der Waals surface area contributed by atoms with Crippen molar-refractivity contribution in [1.29, 1.82) is 0 Å². The fourth-order valence-corrected chi connectivity index (χ4v) is 3.02. The van der Waals surface area contributed by atoms with Gasteiger partial charge in [-0.05, 0) is 51.1 Å². The molecule has 10 nitrogen and oxygen atoms in total. The highest BCUT2D eigenvalue weighted by Gasteiger charge is 2.18. The number of ether oxygens (including phenoxy) is 1. The van der Waals surface area contributed by atoms with E-state index in [1.165, 1.54) is 0 Å². The molecule has 11 heteroatoms. The Kier molecular flexibility index (Phi) is 11.3. The van der Waals surface area contributed by atoms with Crippen LogP contribution < -0.4 is 11.5 Å². The summed E-state index contributed by atoms with van der Waals surface area (Å²) in [5.41, 5.74) is 13.1. The number of amidine groups is 2. The first-order chi connectivity index (χ1) is 15.9. The van der Waals surface area contributed by atoms with E-state index in [9.17, 15) is 4.79 Å². The Morgan fingerprint density at radius 2 is 1.59 bits per heavy atom. The van der Waals surface area contributed by atoms with Gasteiger partial charge in [-0.1, -0.05) is 52.2 Å². The number of aliphatic hydroxyl groups excluding tert-OH is 1. The molecule has 0 aliphatic carbocycles. The zero-order valence-corrected chi connectivity index (χ0v) is 20.5. The van der Waals surface area contributed by atoms with E-state index in [-0.39, 0.29) is 30.8 Å². The van der Waals surface area contributed by atoms with Crippen molar-refractivity contribution in [3.8, 4) is 0 Å². The lowest BCUT2D eigenvalue weighted by Crippen LogP contribution is -2.32. The minimum atomic E-state index is -0.496. The van der Waals surface area contributed by atoms with Crippen LogP contribution in [0.4, 0.5) is 0 Å². The second-order valence-electron chi connectivity index (χ2n) is 8.40. The lowest BCUT2D eigenvalue weighted by atomic mass is 10.1. The van der Waals surface area contributed by atoms with Crippen LogP contribution in [0.25, 0.3) is 0 Å². The SMILES string of the molecule is CN(CC(=O)OC(C)(C)C)Cc1ccc(/C(N)=N\O)c(Cl)c1.N/C(=N\O)c1ccc(CO)cc1. The van der Waals surface area contributed by atoms with Crippen molar-refractivity contribution in [2.45, 2.75) is 39.5 Å². The molecule has 0 heterocycles. The van der Waals surface area contributed by atoms with Crippen LogP contribution >= 0.6 is 11.6 Å². The second-order valence-corrected chi connectivity index (χ2v) is 8.81. The monoisotopic (exact) mass is 493 g/mol. The van der Waals surface area contributed by atoms with E-state index >= 15 is 0 Å². The van der Waals surface area contributed by atoms with Crippen LogP contribution in [0.15, 0.2) is 52.8 Å². The topological polar surface area (TPSA) is 167 Å². The maximum Gasteiger partial charge on any atom is 0.320 e. The van der Waals surface area contributed by atoms with Gasteiger partial charge in [0.05, 0.1) is 18.2 Å². The Morgan fingerprint density at radius 3 is 2.06 bits per heavy atom. The zero-order valence-electron chi connectivity index (χ0n) is 19.7. The van der Waals surface area contributed by atoms with Gasteiger partial charge in [0.1, 0.15) is 5.60 Å². The number of aliphatic hydroxyl groups is 1. The zero-order chi connectivity index (χ0) is 25.9. The molecule has 34 heavy (non-hydrogen) atoms. The van der Waals surface area contributed by atoms with Crippen molar-refractivity contribution in [2.75, 3.05) is 13.6 Å². The van der Waals surface area contributed by atoms with Gasteiger partial charge in [0, 0.05) is 17.7 Å². The van der Waals surface area contributed by atoms with E-state index in [0.29, 0.717) is 22.7 Å². The maximum atomic E-state index is 11.8. The van der Waals surface area contributed by atoms with Gasteiger partial charge in [0.2, 0.25) is 0 Å². The fraction of sp³-hybridized carbons (Fsp3) is 0.348. The Hall–Kier alpha value is -3.34. The third-order valence-corrected chi connectivity index (χ3v) is 4.54. The van der Waals surface area contributed by atoms with Crippen molar-refractivity contribution >= 4 is 29.2 Å². The molecule has 2 rings (SSSR count). The molecule has 0 aromatic heterocycles. The Labute approximate surface area is 204 Å². The number of carbonyl (C=O) groups excluding carboxylic acids is 1. The van der Waals surface area contributed by atoms with Crippen LogP contribution in [0.3, 0.4) is 0 Å². The number of esters is 1. The highest BCUT2D eigenvalue weighted by atomic mass is 35.5. The predicted molar refractivity (Wildman–Crippen MR) is 131 cm³/mol. The number of oxime groups is 2. The number of hydrogen-bond donors (Lipinski definition) is 5. The number of hydrogen-bond acceptors (Lipinski definition) is 8. The summed E-state index contributed by atoms with van der Waals surface area (Å²) in [5, 5.41) is 31.9. The number of likely N-dealkylation sites (N-methyl/N-ethyl adjacent to an activating group) is 1. The molecule has 0 saturated carbocycles. The molecule has 7 N–H and O–H groups in total. The molecule has 0 fully saturated rings. The minimum Gasteiger partial charge on any atom is -0.459 e. The summed E-state index contributed by atoms with van der Waals surface area (Å²) in [6, 6.07) is 12.0. The molecule has 0 spiro atoms. The van der Waals surface area contributed by atoms with Gasteiger partial charge in [-0.25, -0.2) is 0 Å². The number of benzene rings is 2. The summed E-state index contributed by atoms with van der Waals surface area (Å²) in [4.78, 5) is 13.6. The van der Waals surface area contributed by atoms with Crippen LogP contribution in [0.2, 0.25) is 5.02 Å². The lowest BCUT2D eigenvalue weighted by molar-refractivity contribution is -0.155. The highest BCUT2D eigenvalue weighted by Crippen LogP contribution is 2.19. The van der Waals surface area contributed by atoms with Crippen molar-refractivity contribution in [1.82, 2.24) is 4.90 Å². The third-order valence-electron chi connectivity index (χ3n) is 4.23. The van der Waals surface area contributed by atoms with E-state index in [1.54, 1.807) is 36.4 Å².